The van der Waals surface area contributed by atoms with Gasteiger partial charge in [0.2, 0.25) is 0 Å². The Labute approximate surface area is 134 Å². The molecule has 0 aliphatic rings. The van der Waals surface area contributed by atoms with Gasteiger partial charge in [0, 0.05) is 5.56 Å². The number of alkyl carbamates (subject to hydrolysis) is 1. The first-order valence-corrected chi connectivity index (χ1v) is 7.05. The predicted molar refractivity (Wildman–Crippen MR) is 81.8 cm³/mol. The van der Waals surface area contributed by atoms with Crippen LogP contribution in [-0.2, 0) is 15.1 Å². The van der Waals surface area contributed by atoms with E-state index < -0.39 is 17.2 Å². The molecule has 1 unspecified atom stereocenters. The van der Waals surface area contributed by atoms with E-state index in [-0.39, 0.29) is 10.3 Å². The molecule has 0 fully saturated rings. The predicted octanol–water partition coefficient (Wildman–Crippen LogP) is 3.64. The van der Waals surface area contributed by atoms with Crippen molar-refractivity contribution in [3.63, 3.8) is 0 Å². The molecule has 1 N–H and O–H groups in total. The quantitative estimate of drug-likeness (QED) is 0.677. The molecule has 1 atom stereocenters. The molecule has 0 saturated heterocycles. The Hall–Kier alpha value is -1.33. The number of hydrogen-bond donors (Lipinski definition) is 1. The molecule has 5 nitrogen and oxygen atoms in total. The molecule has 1 amide bonds. The minimum atomic E-state index is -1.36. The Balaban J connectivity index is 3.17. The van der Waals surface area contributed by atoms with E-state index in [1.54, 1.807) is 33.8 Å². The summed E-state index contributed by atoms with van der Waals surface area (Å²) in [6.45, 7) is 8.44. The number of nitrogens with one attached hydrogen (secondary N) is 1. The SMILES string of the molecule is Cc1cc(Cl)nc(Cl)c1C(C)(C=O)NC(=O)OC(C)(C)C. The van der Waals surface area contributed by atoms with E-state index >= 15 is 0 Å². The topological polar surface area (TPSA) is 68.3 Å². The van der Waals surface area contributed by atoms with E-state index in [1.807, 2.05) is 0 Å². The third-order valence-corrected chi connectivity index (χ3v) is 3.12. The van der Waals surface area contributed by atoms with Gasteiger partial charge in [0.25, 0.3) is 0 Å². The lowest BCUT2D eigenvalue weighted by Crippen LogP contribution is -2.47. The van der Waals surface area contributed by atoms with Gasteiger partial charge >= 0.3 is 6.09 Å². The molecule has 0 saturated carbocycles. The molecular formula is C14H18Cl2N2O3. The van der Waals surface area contributed by atoms with Crippen molar-refractivity contribution in [2.75, 3.05) is 0 Å². The molecule has 1 heterocycles. The van der Waals surface area contributed by atoms with E-state index in [4.69, 9.17) is 27.9 Å². The van der Waals surface area contributed by atoms with Gasteiger partial charge in [-0.25, -0.2) is 9.78 Å². The van der Waals surface area contributed by atoms with Crippen LogP contribution in [0.3, 0.4) is 0 Å². The Morgan fingerprint density at radius 2 is 1.90 bits per heavy atom. The fraction of sp³-hybridized carbons (Fsp3) is 0.500. The standard InChI is InChI=1S/C14H18Cl2N2O3/c1-8-6-9(15)17-11(16)10(8)14(5,7-19)18-12(20)21-13(2,3)4/h6-7H,1-5H3,(H,18,20). The molecule has 116 valence electrons. The van der Waals surface area contributed by atoms with Crippen LogP contribution in [0, 0.1) is 6.92 Å². The molecular weight excluding hydrogens is 315 g/mol. The zero-order valence-corrected chi connectivity index (χ0v) is 14.1. The fourth-order valence-corrected chi connectivity index (χ4v) is 2.61. The monoisotopic (exact) mass is 332 g/mol. The highest BCUT2D eigenvalue weighted by Crippen LogP contribution is 2.30. The first kappa shape index (κ1) is 17.7. The lowest BCUT2D eigenvalue weighted by Gasteiger charge is -2.29. The molecule has 0 aliphatic carbocycles. The summed E-state index contributed by atoms with van der Waals surface area (Å²) >= 11 is 11.9. The second kappa shape index (κ2) is 6.20. The van der Waals surface area contributed by atoms with Crippen LogP contribution in [0.25, 0.3) is 0 Å². The van der Waals surface area contributed by atoms with Crippen molar-refractivity contribution in [1.29, 1.82) is 0 Å². The second-order valence-corrected chi connectivity index (χ2v) is 6.62. The number of nitrogens with zero attached hydrogens (tertiary/aromatic N) is 1. The molecule has 0 radical (unpaired) electrons. The van der Waals surface area contributed by atoms with Crippen LogP contribution in [-0.4, -0.2) is 23.0 Å². The summed E-state index contributed by atoms with van der Waals surface area (Å²) in [7, 11) is 0. The molecule has 0 bridgehead atoms. The summed E-state index contributed by atoms with van der Waals surface area (Å²) in [5.41, 5.74) is -1.01. The number of pyridine rings is 1. The first-order chi connectivity index (χ1) is 9.48. The van der Waals surface area contributed by atoms with Crippen molar-refractivity contribution in [2.24, 2.45) is 0 Å². The van der Waals surface area contributed by atoms with Crippen LogP contribution < -0.4 is 5.32 Å². The van der Waals surface area contributed by atoms with Crippen LogP contribution >= 0.6 is 23.2 Å². The minimum Gasteiger partial charge on any atom is -0.444 e. The summed E-state index contributed by atoms with van der Waals surface area (Å²) < 4.78 is 5.16. The number of rotatable bonds is 3. The van der Waals surface area contributed by atoms with Crippen LogP contribution in [0.1, 0.15) is 38.8 Å². The van der Waals surface area contributed by atoms with Crippen molar-refractivity contribution in [1.82, 2.24) is 10.3 Å². The van der Waals surface area contributed by atoms with E-state index in [0.29, 0.717) is 17.4 Å². The summed E-state index contributed by atoms with van der Waals surface area (Å²) in [5.74, 6) is 0. The number of carbonyl (C=O) groups excluding carboxylic acids is 2. The van der Waals surface area contributed by atoms with Gasteiger partial charge in [-0.15, -0.1) is 0 Å². The highest BCUT2D eigenvalue weighted by Gasteiger charge is 2.34. The van der Waals surface area contributed by atoms with Gasteiger partial charge in [-0.05, 0) is 46.2 Å². The first-order valence-electron chi connectivity index (χ1n) is 6.29. The number of aryl methyl sites for hydroxylation is 1. The molecule has 1 aromatic rings. The minimum absolute atomic E-state index is 0.0608. The van der Waals surface area contributed by atoms with Gasteiger partial charge < -0.3 is 14.8 Å². The number of aldehydes is 1. The Bertz CT molecular complexity index is 547. The number of aromatic nitrogens is 1. The van der Waals surface area contributed by atoms with Crippen molar-refractivity contribution in [3.8, 4) is 0 Å². The number of halogens is 2. The van der Waals surface area contributed by atoms with Crippen LogP contribution in [0.2, 0.25) is 10.3 Å². The number of amides is 1. The van der Waals surface area contributed by atoms with Gasteiger partial charge in [0.15, 0.2) is 0 Å². The third-order valence-electron chi connectivity index (χ3n) is 2.66. The average molecular weight is 333 g/mol. The van der Waals surface area contributed by atoms with Gasteiger partial charge in [-0.1, -0.05) is 23.2 Å². The van der Waals surface area contributed by atoms with Gasteiger partial charge in [-0.3, -0.25) is 0 Å². The average Bonchev–Trinajstić information content (AvgIpc) is 2.24. The highest BCUT2D eigenvalue weighted by molar-refractivity contribution is 6.33. The molecule has 1 aromatic heterocycles. The number of ether oxygens (including phenoxy) is 1. The second-order valence-electron chi connectivity index (χ2n) is 5.87. The molecule has 0 aliphatic heterocycles. The van der Waals surface area contributed by atoms with E-state index in [1.165, 1.54) is 6.92 Å². The Morgan fingerprint density at radius 3 is 2.33 bits per heavy atom. The van der Waals surface area contributed by atoms with Gasteiger partial charge in [0.05, 0.1) is 0 Å². The van der Waals surface area contributed by atoms with Crippen LogP contribution in [0.15, 0.2) is 6.07 Å². The van der Waals surface area contributed by atoms with E-state index in [9.17, 15) is 9.59 Å². The number of carbonyl (C=O) groups is 2. The molecule has 21 heavy (non-hydrogen) atoms. The van der Waals surface area contributed by atoms with Crippen LogP contribution in [0.5, 0.6) is 0 Å². The lowest BCUT2D eigenvalue weighted by atomic mass is 9.91. The highest BCUT2D eigenvalue weighted by atomic mass is 35.5. The van der Waals surface area contributed by atoms with E-state index in [2.05, 4.69) is 10.3 Å². The summed E-state index contributed by atoms with van der Waals surface area (Å²) in [4.78, 5) is 27.4. The normalized spacial score (nSPS) is 14.2. The van der Waals surface area contributed by atoms with Gasteiger partial charge in [0.1, 0.15) is 27.7 Å². The van der Waals surface area contributed by atoms with Crippen LogP contribution in [0.4, 0.5) is 4.79 Å². The maximum Gasteiger partial charge on any atom is 0.408 e. The van der Waals surface area contributed by atoms with Gasteiger partial charge in [-0.2, -0.15) is 0 Å². The molecule has 1 rings (SSSR count). The lowest BCUT2D eigenvalue weighted by molar-refractivity contribution is -0.113. The number of hydrogen-bond acceptors (Lipinski definition) is 4. The Morgan fingerprint density at radius 1 is 1.33 bits per heavy atom. The van der Waals surface area contributed by atoms with Crippen molar-refractivity contribution < 1.29 is 14.3 Å². The maximum absolute atomic E-state index is 11.9. The van der Waals surface area contributed by atoms with Crippen molar-refractivity contribution in [2.45, 2.75) is 45.8 Å². The zero-order valence-electron chi connectivity index (χ0n) is 12.6. The molecule has 7 heteroatoms. The largest absolute Gasteiger partial charge is 0.444 e. The molecule has 0 aromatic carbocycles. The summed E-state index contributed by atoms with van der Waals surface area (Å²) in [5, 5.41) is 2.80. The van der Waals surface area contributed by atoms with E-state index in [0.717, 1.165) is 0 Å². The third kappa shape index (κ3) is 4.58. The fourth-order valence-electron chi connectivity index (χ4n) is 1.89. The van der Waals surface area contributed by atoms with Crippen molar-refractivity contribution in [3.05, 3.63) is 27.5 Å². The smallest absolute Gasteiger partial charge is 0.408 e. The summed E-state index contributed by atoms with van der Waals surface area (Å²) in [6.07, 6.45) is -0.136. The molecule has 0 spiro atoms. The maximum atomic E-state index is 11.9. The summed E-state index contributed by atoms with van der Waals surface area (Å²) in [6, 6.07) is 1.57. The van der Waals surface area contributed by atoms with Crippen molar-refractivity contribution >= 4 is 35.6 Å². The Kier molecular flexibility index (Phi) is 5.23. The zero-order chi connectivity index (χ0) is 16.4.